The van der Waals surface area contributed by atoms with Crippen LogP contribution in [0.2, 0.25) is 0 Å². The van der Waals surface area contributed by atoms with Crippen LogP contribution in [0.15, 0.2) is 130 Å². The van der Waals surface area contributed by atoms with Gasteiger partial charge < -0.3 is 13.7 Å². The van der Waals surface area contributed by atoms with Gasteiger partial charge in [-0.3, -0.25) is 0 Å². The Kier molecular flexibility index (Phi) is 4.42. The summed E-state index contributed by atoms with van der Waals surface area (Å²) in [6.45, 7) is 0. The predicted molar refractivity (Wildman–Crippen MR) is 141 cm³/mol. The van der Waals surface area contributed by atoms with Crippen LogP contribution in [0.3, 0.4) is 0 Å². The number of rotatable bonds is 4. The third-order valence-electron chi connectivity index (χ3n) is 6.28. The molecule has 0 saturated heterocycles. The van der Waals surface area contributed by atoms with Gasteiger partial charge in [0, 0.05) is 33.8 Å². The molecule has 0 aliphatic heterocycles. The molecule has 0 atom stereocenters. The fraction of sp³-hybridized carbons (Fsp3) is 0. The number of aromatic nitrogens is 1. The van der Waals surface area contributed by atoms with Crippen molar-refractivity contribution < 1.29 is 8.83 Å². The molecule has 7 aromatic rings. The topological polar surface area (TPSA) is 42.4 Å². The Bertz CT molecular complexity index is 1750. The van der Waals surface area contributed by atoms with Gasteiger partial charge in [0.2, 0.25) is 5.89 Å². The normalized spacial score (nSPS) is 11.4. The largest absolute Gasteiger partial charge is 0.454 e. The quantitative estimate of drug-likeness (QED) is 0.267. The first-order valence-electron chi connectivity index (χ1n) is 11.6. The third kappa shape index (κ3) is 3.27. The van der Waals surface area contributed by atoms with Crippen molar-refractivity contribution in [1.82, 2.24) is 4.98 Å². The molecule has 2 aromatic heterocycles. The van der Waals surface area contributed by atoms with E-state index in [0.29, 0.717) is 11.5 Å². The SMILES string of the molecule is c1ccc(-c2nc3cc4c(cc3o2)oc2c(N(c3ccccc3)c3ccccc3)cccc24)cc1. The van der Waals surface area contributed by atoms with Crippen molar-refractivity contribution in [3.05, 3.63) is 121 Å². The third-order valence-corrected chi connectivity index (χ3v) is 6.28. The number of anilines is 3. The monoisotopic (exact) mass is 452 g/mol. The maximum absolute atomic E-state index is 6.50. The second-order valence-corrected chi connectivity index (χ2v) is 8.46. The van der Waals surface area contributed by atoms with Crippen LogP contribution in [-0.2, 0) is 0 Å². The summed E-state index contributed by atoms with van der Waals surface area (Å²) >= 11 is 0. The number of benzene rings is 5. The molecule has 0 aliphatic rings. The van der Waals surface area contributed by atoms with Crippen LogP contribution in [0.4, 0.5) is 17.1 Å². The lowest BCUT2D eigenvalue weighted by Crippen LogP contribution is -2.09. The van der Waals surface area contributed by atoms with Crippen molar-refractivity contribution in [2.24, 2.45) is 0 Å². The molecule has 0 N–H and O–H groups in total. The molecule has 2 heterocycles. The van der Waals surface area contributed by atoms with Crippen LogP contribution >= 0.6 is 0 Å². The molecule has 0 spiro atoms. The van der Waals surface area contributed by atoms with E-state index in [9.17, 15) is 0 Å². The molecule has 0 fully saturated rings. The van der Waals surface area contributed by atoms with Crippen LogP contribution in [0, 0.1) is 0 Å². The molecule has 0 unspecified atom stereocenters. The maximum atomic E-state index is 6.50. The molecule has 4 heteroatoms. The van der Waals surface area contributed by atoms with Crippen molar-refractivity contribution in [2.75, 3.05) is 4.90 Å². The summed E-state index contributed by atoms with van der Waals surface area (Å²) in [5.41, 5.74) is 7.18. The number of hydrogen-bond donors (Lipinski definition) is 0. The van der Waals surface area contributed by atoms with Crippen molar-refractivity contribution in [3.63, 3.8) is 0 Å². The number of oxazole rings is 1. The summed E-state index contributed by atoms with van der Waals surface area (Å²) < 4.78 is 12.6. The standard InChI is InChI=1S/C31H20N2O2/c1-4-11-21(12-5-1)31-32-26-19-25-24-17-10-18-27(30(24)34-28(25)20-29(26)35-31)33(22-13-6-2-7-14-22)23-15-8-3-9-16-23/h1-20H. The number of hydrogen-bond acceptors (Lipinski definition) is 4. The predicted octanol–water partition coefficient (Wildman–Crippen LogP) is 8.86. The van der Waals surface area contributed by atoms with Crippen LogP contribution in [0.5, 0.6) is 0 Å². The minimum Gasteiger partial charge on any atom is -0.454 e. The highest BCUT2D eigenvalue weighted by Crippen LogP contribution is 2.42. The summed E-state index contributed by atoms with van der Waals surface area (Å²) in [5, 5.41) is 2.06. The van der Waals surface area contributed by atoms with Crippen molar-refractivity contribution >= 4 is 50.1 Å². The smallest absolute Gasteiger partial charge is 0.227 e. The number of nitrogens with zero attached hydrogens (tertiary/aromatic N) is 2. The average Bonchev–Trinajstić information content (AvgIpc) is 3.50. The van der Waals surface area contributed by atoms with Crippen LogP contribution < -0.4 is 4.90 Å². The summed E-state index contributed by atoms with van der Waals surface area (Å²) in [4.78, 5) is 6.98. The van der Waals surface area contributed by atoms with E-state index < -0.39 is 0 Å². The Labute approximate surface area is 201 Å². The first-order valence-corrected chi connectivity index (χ1v) is 11.6. The number of furan rings is 1. The number of para-hydroxylation sites is 3. The van der Waals surface area contributed by atoms with E-state index in [1.54, 1.807) is 0 Å². The summed E-state index contributed by atoms with van der Waals surface area (Å²) in [7, 11) is 0. The Morgan fingerprint density at radius 1 is 0.543 bits per heavy atom. The molecule has 5 aromatic carbocycles. The van der Waals surface area contributed by atoms with Crippen molar-refractivity contribution in [1.29, 1.82) is 0 Å². The highest BCUT2D eigenvalue weighted by Gasteiger charge is 2.20. The number of fused-ring (bicyclic) bond motifs is 4. The van der Waals surface area contributed by atoms with Gasteiger partial charge in [0.05, 0.1) is 5.69 Å². The Morgan fingerprint density at radius 3 is 1.89 bits per heavy atom. The van der Waals surface area contributed by atoms with E-state index in [1.807, 2.05) is 72.8 Å². The lowest BCUT2D eigenvalue weighted by atomic mass is 10.1. The van der Waals surface area contributed by atoms with Gasteiger partial charge >= 0.3 is 0 Å². The van der Waals surface area contributed by atoms with Gasteiger partial charge in [-0.15, -0.1) is 0 Å². The lowest BCUT2D eigenvalue weighted by Gasteiger charge is -2.25. The minimum atomic E-state index is 0.609. The fourth-order valence-corrected chi connectivity index (χ4v) is 4.67. The molecular formula is C31H20N2O2. The summed E-state index contributed by atoms with van der Waals surface area (Å²) in [6.07, 6.45) is 0. The molecular weight excluding hydrogens is 432 g/mol. The van der Waals surface area contributed by atoms with Crippen LogP contribution in [0.1, 0.15) is 0 Å². The van der Waals surface area contributed by atoms with Crippen LogP contribution in [-0.4, -0.2) is 4.98 Å². The highest BCUT2D eigenvalue weighted by atomic mass is 16.4. The van der Waals surface area contributed by atoms with E-state index in [-0.39, 0.29) is 0 Å². The molecule has 0 aliphatic carbocycles. The maximum Gasteiger partial charge on any atom is 0.227 e. The van der Waals surface area contributed by atoms with Crippen molar-refractivity contribution in [2.45, 2.75) is 0 Å². The van der Waals surface area contributed by atoms with E-state index in [4.69, 9.17) is 13.8 Å². The zero-order valence-electron chi connectivity index (χ0n) is 18.8. The Balaban J connectivity index is 1.44. The summed E-state index contributed by atoms with van der Waals surface area (Å²) in [5.74, 6) is 0.609. The van der Waals surface area contributed by atoms with E-state index in [1.165, 1.54) is 0 Å². The molecule has 166 valence electrons. The molecule has 35 heavy (non-hydrogen) atoms. The lowest BCUT2D eigenvalue weighted by molar-refractivity contribution is 0.617. The second kappa shape index (κ2) is 7.89. The van der Waals surface area contributed by atoms with Gasteiger partial charge in [-0.1, -0.05) is 66.7 Å². The van der Waals surface area contributed by atoms with Gasteiger partial charge in [-0.2, -0.15) is 0 Å². The molecule has 0 saturated carbocycles. The average molecular weight is 453 g/mol. The fourth-order valence-electron chi connectivity index (χ4n) is 4.67. The zero-order valence-corrected chi connectivity index (χ0v) is 18.8. The van der Waals surface area contributed by atoms with Gasteiger partial charge in [-0.05, 0) is 48.5 Å². The molecule has 0 radical (unpaired) electrons. The van der Waals surface area contributed by atoms with E-state index in [2.05, 4.69) is 53.4 Å². The highest BCUT2D eigenvalue weighted by molar-refractivity contribution is 6.13. The van der Waals surface area contributed by atoms with Gasteiger partial charge in [0.15, 0.2) is 11.2 Å². The Hall–Kier alpha value is -4.83. The first-order chi connectivity index (χ1) is 17.3. The van der Waals surface area contributed by atoms with Gasteiger partial charge in [-0.25, -0.2) is 4.98 Å². The van der Waals surface area contributed by atoms with Crippen LogP contribution in [0.25, 0.3) is 44.5 Å². The second-order valence-electron chi connectivity index (χ2n) is 8.46. The van der Waals surface area contributed by atoms with E-state index >= 15 is 0 Å². The molecule has 7 rings (SSSR count). The van der Waals surface area contributed by atoms with Gasteiger partial charge in [0.25, 0.3) is 0 Å². The zero-order chi connectivity index (χ0) is 23.2. The van der Waals surface area contributed by atoms with E-state index in [0.717, 1.165) is 50.1 Å². The van der Waals surface area contributed by atoms with Crippen molar-refractivity contribution in [3.8, 4) is 11.5 Å². The molecule has 4 nitrogen and oxygen atoms in total. The molecule has 0 amide bonds. The van der Waals surface area contributed by atoms with Gasteiger partial charge in [0.1, 0.15) is 11.1 Å². The Morgan fingerprint density at radius 2 is 1.20 bits per heavy atom. The first kappa shape index (κ1) is 19.6. The minimum absolute atomic E-state index is 0.609. The summed E-state index contributed by atoms with van der Waals surface area (Å²) in [6, 6.07) is 40.9. The molecule has 0 bridgehead atoms.